The van der Waals surface area contributed by atoms with Gasteiger partial charge in [0.15, 0.2) is 0 Å². The summed E-state index contributed by atoms with van der Waals surface area (Å²) in [5.41, 5.74) is 4.95. The predicted molar refractivity (Wildman–Crippen MR) is 109 cm³/mol. The van der Waals surface area contributed by atoms with Crippen LogP contribution in [0.3, 0.4) is 0 Å². The molecule has 5 nitrogen and oxygen atoms in total. The summed E-state index contributed by atoms with van der Waals surface area (Å²) in [5.74, 6) is 0.701. The second-order valence-corrected chi connectivity index (χ2v) is 6.98. The zero-order valence-corrected chi connectivity index (χ0v) is 16.6. The molecule has 1 aliphatic carbocycles. The summed E-state index contributed by atoms with van der Waals surface area (Å²) in [6.45, 7) is 5.78. The van der Waals surface area contributed by atoms with E-state index in [9.17, 15) is 4.79 Å². The third-order valence-corrected chi connectivity index (χ3v) is 4.14. The lowest BCUT2D eigenvalue weighted by Crippen LogP contribution is -2.28. The molecule has 0 spiro atoms. The number of ether oxygens (including phenoxy) is 1. The van der Waals surface area contributed by atoms with Crippen molar-refractivity contribution in [2.45, 2.75) is 39.7 Å². The standard InChI is InChI=1S/C21H29N3O2/c1-15(2)22-21(24(6)14-25)26-16(3)13-17-11-12-20(23(4)5)19-10-8-7-9-18(17)19/h8,10-15H,7,9H2,1-6H3/b16-13+,22-21?. The van der Waals surface area contributed by atoms with Crippen LogP contribution >= 0.6 is 0 Å². The number of benzene rings is 1. The first kappa shape index (κ1) is 19.8. The van der Waals surface area contributed by atoms with Gasteiger partial charge in [0, 0.05) is 38.4 Å². The zero-order valence-electron chi connectivity index (χ0n) is 16.6. The SMILES string of the molecule is C/C(=C\c1ccc(N(C)C)c2c1CCC=C2)OC(=NC(C)C)N(C)C=O. The van der Waals surface area contributed by atoms with Gasteiger partial charge in [-0.2, -0.15) is 0 Å². The second kappa shape index (κ2) is 8.70. The number of allylic oxidation sites excluding steroid dienone is 2. The van der Waals surface area contributed by atoms with Gasteiger partial charge in [-0.15, -0.1) is 0 Å². The number of amides is 1. The highest BCUT2D eigenvalue weighted by Crippen LogP contribution is 2.32. The van der Waals surface area contributed by atoms with E-state index in [1.54, 1.807) is 7.05 Å². The number of fused-ring (bicyclic) bond motifs is 1. The molecule has 1 amide bonds. The highest BCUT2D eigenvalue weighted by molar-refractivity contribution is 5.85. The summed E-state index contributed by atoms with van der Waals surface area (Å²) in [6.07, 6.45) is 9.19. The van der Waals surface area contributed by atoms with Crippen molar-refractivity contribution in [3.8, 4) is 0 Å². The normalized spacial score (nSPS) is 14.3. The summed E-state index contributed by atoms with van der Waals surface area (Å²) in [5, 5.41) is 0. The Morgan fingerprint density at radius 1 is 1.27 bits per heavy atom. The van der Waals surface area contributed by atoms with E-state index in [-0.39, 0.29) is 6.04 Å². The van der Waals surface area contributed by atoms with Crippen LogP contribution in [0.4, 0.5) is 5.69 Å². The van der Waals surface area contributed by atoms with Gasteiger partial charge in [0.1, 0.15) is 5.76 Å². The van der Waals surface area contributed by atoms with Crippen molar-refractivity contribution >= 4 is 30.3 Å². The number of hydrogen-bond acceptors (Lipinski definition) is 4. The quantitative estimate of drug-likeness (QED) is 0.348. The maximum Gasteiger partial charge on any atom is 0.299 e. The molecule has 0 bridgehead atoms. The molecule has 0 unspecified atom stereocenters. The Hall–Kier alpha value is -2.56. The zero-order chi connectivity index (χ0) is 19.3. The monoisotopic (exact) mass is 355 g/mol. The first-order valence-electron chi connectivity index (χ1n) is 8.95. The molecule has 2 rings (SSSR count). The van der Waals surface area contributed by atoms with E-state index >= 15 is 0 Å². The molecule has 0 atom stereocenters. The first-order chi connectivity index (χ1) is 12.3. The summed E-state index contributed by atoms with van der Waals surface area (Å²) < 4.78 is 5.86. The second-order valence-electron chi connectivity index (χ2n) is 6.98. The van der Waals surface area contributed by atoms with Crippen LogP contribution in [0.15, 0.2) is 29.0 Å². The molecule has 0 fully saturated rings. The molecular weight excluding hydrogens is 326 g/mol. The third-order valence-electron chi connectivity index (χ3n) is 4.14. The van der Waals surface area contributed by atoms with E-state index in [0.717, 1.165) is 18.4 Å². The lowest BCUT2D eigenvalue weighted by atomic mass is 9.90. The van der Waals surface area contributed by atoms with Crippen LogP contribution in [0, 0.1) is 0 Å². The van der Waals surface area contributed by atoms with E-state index in [2.05, 4.69) is 48.3 Å². The molecule has 0 radical (unpaired) electrons. The Morgan fingerprint density at radius 2 is 2.00 bits per heavy atom. The minimum absolute atomic E-state index is 0.0393. The lowest BCUT2D eigenvalue weighted by molar-refractivity contribution is -0.114. The molecule has 0 heterocycles. The topological polar surface area (TPSA) is 45.1 Å². The maximum atomic E-state index is 11.1. The lowest BCUT2D eigenvalue weighted by Gasteiger charge is -2.23. The van der Waals surface area contributed by atoms with Crippen molar-refractivity contribution in [1.29, 1.82) is 0 Å². The minimum atomic E-state index is 0.0393. The van der Waals surface area contributed by atoms with Gasteiger partial charge >= 0.3 is 0 Å². The van der Waals surface area contributed by atoms with Crippen LogP contribution in [-0.4, -0.2) is 44.5 Å². The minimum Gasteiger partial charge on any atom is -0.431 e. The summed E-state index contributed by atoms with van der Waals surface area (Å²) in [4.78, 5) is 19.0. The molecule has 1 aromatic carbocycles. The smallest absolute Gasteiger partial charge is 0.299 e. The number of amidine groups is 1. The highest BCUT2D eigenvalue weighted by atomic mass is 16.5. The number of carbonyl (C=O) groups is 1. The molecule has 0 aromatic heterocycles. The Labute approximate surface area is 156 Å². The van der Waals surface area contributed by atoms with Gasteiger partial charge in [-0.05, 0) is 56.9 Å². The Balaban J connectivity index is 2.37. The molecule has 5 heteroatoms. The van der Waals surface area contributed by atoms with E-state index in [4.69, 9.17) is 4.74 Å². The van der Waals surface area contributed by atoms with Gasteiger partial charge in [-0.25, -0.2) is 4.99 Å². The number of carbonyl (C=O) groups excluding carboxylic acids is 1. The van der Waals surface area contributed by atoms with Crippen molar-refractivity contribution in [3.05, 3.63) is 40.7 Å². The maximum absolute atomic E-state index is 11.1. The Kier molecular flexibility index (Phi) is 6.61. The number of nitrogens with zero attached hydrogens (tertiary/aromatic N) is 3. The molecule has 1 aromatic rings. The summed E-state index contributed by atoms with van der Waals surface area (Å²) >= 11 is 0. The molecular formula is C21H29N3O2. The van der Waals surface area contributed by atoms with Crippen molar-refractivity contribution < 1.29 is 9.53 Å². The van der Waals surface area contributed by atoms with Crippen LogP contribution in [0.1, 0.15) is 43.9 Å². The average molecular weight is 355 g/mol. The molecule has 140 valence electrons. The van der Waals surface area contributed by atoms with Gasteiger partial charge < -0.3 is 9.64 Å². The van der Waals surface area contributed by atoms with E-state index in [1.165, 1.54) is 21.7 Å². The molecule has 0 saturated heterocycles. The van der Waals surface area contributed by atoms with Gasteiger partial charge in [0.2, 0.25) is 6.41 Å². The number of hydrogen-bond donors (Lipinski definition) is 0. The first-order valence-corrected chi connectivity index (χ1v) is 8.95. The fourth-order valence-electron chi connectivity index (χ4n) is 2.94. The van der Waals surface area contributed by atoms with Crippen LogP contribution in [0.2, 0.25) is 0 Å². The van der Waals surface area contributed by atoms with Gasteiger partial charge in [-0.1, -0.05) is 18.2 Å². The van der Waals surface area contributed by atoms with Crippen LogP contribution in [0.25, 0.3) is 12.2 Å². The molecule has 0 aliphatic heterocycles. The number of rotatable bonds is 5. The van der Waals surface area contributed by atoms with Gasteiger partial charge in [0.25, 0.3) is 6.02 Å². The fourth-order valence-corrected chi connectivity index (χ4v) is 2.94. The highest BCUT2D eigenvalue weighted by Gasteiger charge is 2.15. The van der Waals surface area contributed by atoms with Crippen molar-refractivity contribution in [2.24, 2.45) is 4.99 Å². The van der Waals surface area contributed by atoms with E-state index in [0.29, 0.717) is 18.2 Å². The average Bonchev–Trinajstić information content (AvgIpc) is 2.60. The van der Waals surface area contributed by atoms with E-state index < -0.39 is 0 Å². The molecule has 0 N–H and O–H groups in total. The fraction of sp³-hybridized carbons (Fsp3) is 0.429. The van der Waals surface area contributed by atoms with Crippen LogP contribution in [-0.2, 0) is 16.0 Å². The van der Waals surface area contributed by atoms with E-state index in [1.807, 2.05) is 26.8 Å². The van der Waals surface area contributed by atoms with Gasteiger partial charge in [0.05, 0.1) is 0 Å². The van der Waals surface area contributed by atoms with Crippen LogP contribution < -0.4 is 4.90 Å². The van der Waals surface area contributed by atoms with Crippen molar-refractivity contribution in [1.82, 2.24) is 4.90 Å². The third kappa shape index (κ3) is 4.75. The van der Waals surface area contributed by atoms with Crippen LogP contribution in [0.5, 0.6) is 0 Å². The summed E-state index contributed by atoms with van der Waals surface area (Å²) in [7, 11) is 5.76. The summed E-state index contributed by atoms with van der Waals surface area (Å²) in [6, 6.07) is 4.61. The van der Waals surface area contributed by atoms with Crippen molar-refractivity contribution in [2.75, 3.05) is 26.0 Å². The number of aliphatic imine (C=N–C) groups is 1. The molecule has 1 aliphatic rings. The predicted octanol–water partition coefficient (Wildman–Crippen LogP) is 3.94. The number of anilines is 1. The Bertz CT molecular complexity index is 746. The van der Waals surface area contributed by atoms with Crippen molar-refractivity contribution in [3.63, 3.8) is 0 Å². The van der Waals surface area contributed by atoms with Gasteiger partial charge in [-0.3, -0.25) is 9.69 Å². The molecule has 26 heavy (non-hydrogen) atoms. The molecule has 0 saturated carbocycles. The Morgan fingerprint density at radius 3 is 2.62 bits per heavy atom. The largest absolute Gasteiger partial charge is 0.431 e.